The van der Waals surface area contributed by atoms with Gasteiger partial charge in [-0.1, -0.05) is 61.6 Å². The van der Waals surface area contributed by atoms with Crippen LogP contribution < -0.4 is 5.19 Å². The van der Waals surface area contributed by atoms with Crippen molar-refractivity contribution in [2.45, 2.75) is 44.5 Å². The molecule has 3 aromatic rings. The number of aryl methyl sites for hydroxylation is 1. The van der Waals surface area contributed by atoms with Gasteiger partial charge in [-0.25, -0.2) is 8.42 Å². The molecule has 3 nitrogen and oxygen atoms in total. The van der Waals surface area contributed by atoms with Gasteiger partial charge in [-0.05, 0) is 52.2 Å². The molecule has 0 amide bonds. The summed E-state index contributed by atoms with van der Waals surface area (Å²) in [6.45, 7) is 9.91. The highest BCUT2D eigenvalue weighted by Crippen LogP contribution is 2.32. The van der Waals surface area contributed by atoms with Crippen molar-refractivity contribution < 1.29 is 8.42 Å². The first kappa shape index (κ1) is 18.4. The molecule has 0 bridgehead atoms. The Hall–Kier alpha value is -1.95. The monoisotopic (exact) mass is 395 g/mol. The highest BCUT2D eigenvalue weighted by atomic mass is 32.2. The smallest absolute Gasteiger partial charge is 0.207 e. The maximum Gasteiger partial charge on any atom is 0.243 e. The van der Waals surface area contributed by atoms with E-state index in [1.165, 1.54) is 21.5 Å². The van der Waals surface area contributed by atoms with Crippen LogP contribution in [0.15, 0.2) is 59.5 Å². The number of hydrogen-bond acceptors (Lipinski definition) is 2. The van der Waals surface area contributed by atoms with Crippen molar-refractivity contribution in [1.82, 2.24) is 4.31 Å². The number of nitrogens with zero attached hydrogens (tertiary/aromatic N) is 1. The molecule has 0 saturated heterocycles. The Bertz CT molecular complexity index is 1130. The van der Waals surface area contributed by atoms with Gasteiger partial charge in [-0.15, -0.1) is 0 Å². The number of fused-ring (bicyclic) bond motifs is 2. The standard InChI is InChI=1S/C22H25NO2SSi/c1-16-9-11-19(12-10-16)26(24,25)23-14-18-13-17-7-5-6-8-20(17)22(21(18)15-23)27(2,3)4/h5-13H,14-15H2,1-4H3. The third kappa shape index (κ3) is 3.14. The molecule has 0 fully saturated rings. The molecule has 140 valence electrons. The second kappa shape index (κ2) is 6.29. The third-order valence-corrected chi connectivity index (χ3v) is 9.22. The lowest BCUT2D eigenvalue weighted by atomic mass is 10.0. The second-order valence-corrected chi connectivity index (χ2v) is 15.4. The average molecular weight is 396 g/mol. The van der Waals surface area contributed by atoms with Gasteiger partial charge in [0.25, 0.3) is 0 Å². The summed E-state index contributed by atoms with van der Waals surface area (Å²) < 4.78 is 28.0. The topological polar surface area (TPSA) is 37.4 Å². The van der Waals surface area contributed by atoms with E-state index in [9.17, 15) is 8.42 Å². The van der Waals surface area contributed by atoms with E-state index in [0.717, 1.165) is 11.1 Å². The Morgan fingerprint density at radius 1 is 0.926 bits per heavy atom. The zero-order chi connectivity index (χ0) is 19.4. The zero-order valence-electron chi connectivity index (χ0n) is 16.3. The maximum absolute atomic E-state index is 13.2. The van der Waals surface area contributed by atoms with Crippen LogP contribution in [0.25, 0.3) is 10.8 Å². The lowest BCUT2D eigenvalue weighted by Gasteiger charge is -2.23. The minimum absolute atomic E-state index is 0.375. The first-order valence-corrected chi connectivity index (χ1v) is 14.2. The van der Waals surface area contributed by atoms with E-state index in [0.29, 0.717) is 18.0 Å². The van der Waals surface area contributed by atoms with E-state index >= 15 is 0 Å². The van der Waals surface area contributed by atoms with Gasteiger partial charge >= 0.3 is 0 Å². The molecule has 0 radical (unpaired) electrons. The minimum atomic E-state index is -3.50. The van der Waals surface area contributed by atoms with Gasteiger partial charge in [-0.3, -0.25) is 0 Å². The molecule has 1 heterocycles. The molecule has 1 aliphatic rings. The van der Waals surface area contributed by atoms with Gasteiger partial charge in [0.05, 0.1) is 13.0 Å². The number of benzene rings is 3. The van der Waals surface area contributed by atoms with E-state index in [-0.39, 0.29) is 0 Å². The summed E-state index contributed by atoms with van der Waals surface area (Å²) in [5, 5.41) is 3.89. The van der Waals surface area contributed by atoms with Gasteiger partial charge in [0.2, 0.25) is 10.0 Å². The van der Waals surface area contributed by atoms with Crippen LogP contribution in [0.1, 0.15) is 16.7 Å². The van der Waals surface area contributed by atoms with Gasteiger partial charge < -0.3 is 0 Å². The summed E-state index contributed by atoms with van der Waals surface area (Å²) >= 11 is 0. The van der Waals surface area contributed by atoms with Gasteiger partial charge in [0, 0.05) is 13.1 Å². The Labute approximate surface area is 162 Å². The minimum Gasteiger partial charge on any atom is -0.207 e. The molecule has 0 aliphatic carbocycles. The van der Waals surface area contributed by atoms with Crippen molar-refractivity contribution in [3.8, 4) is 0 Å². The fraction of sp³-hybridized carbons (Fsp3) is 0.273. The molecule has 1 aliphatic heterocycles. The number of hydrogen-bond donors (Lipinski definition) is 0. The van der Waals surface area contributed by atoms with E-state index in [1.807, 2.05) is 19.1 Å². The SMILES string of the molecule is Cc1ccc(S(=O)(=O)N2Cc3cc4ccccc4c([Si](C)(C)C)c3C2)cc1. The van der Waals surface area contributed by atoms with E-state index in [2.05, 4.69) is 50.0 Å². The molecule has 0 N–H and O–H groups in total. The maximum atomic E-state index is 13.2. The first-order valence-electron chi connectivity index (χ1n) is 9.29. The first-order chi connectivity index (χ1) is 12.7. The molecule has 0 unspecified atom stereocenters. The normalized spacial score (nSPS) is 15.3. The number of sulfonamides is 1. The Morgan fingerprint density at radius 3 is 2.26 bits per heavy atom. The van der Waals surface area contributed by atoms with Crippen LogP contribution in [-0.4, -0.2) is 20.8 Å². The lowest BCUT2D eigenvalue weighted by Crippen LogP contribution is -2.41. The molecular weight excluding hydrogens is 370 g/mol. The van der Waals surface area contributed by atoms with Crippen LogP contribution in [0.3, 0.4) is 0 Å². The van der Waals surface area contributed by atoms with Crippen LogP contribution in [0.4, 0.5) is 0 Å². The van der Waals surface area contributed by atoms with Crippen LogP contribution in [0.2, 0.25) is 19.6 Å². The van der Waals surface area contributed by atoms with Crippen LogP contribution in [-0.2, 0) is 23.1 Å². The molecular formula is C22H25NO2SSi. The van der Waals surface area contributed by atoms with Gasteiger partial charge in [-0.2, -0.15) is 4.31 Å². The lowest BCUT2D eigenvalue weighted by molar-refractivity contribution is 0.432. The summed E-state index contributed by atoms with van der Waals surface area (Å²) in [6.07, 6.45) is 0. The summed E-state index contributed by atoms with van der Waals surface area (Å²) in [7, 11) is -5.15. The largest absolute Gasteiger partial charge is 0.243 e. The predicted molar refractivity (Wildman–Crippen MR) is 115 cm³/mol. The predicted octanol–water partition coefficient (Wildman–Crippen LogP) is 4.40. The molecule has 27 heavy (non-hydrogen) atoms. The third-order valence-electron chi connectivity index (χ3n) is 5.34. The Morgan fingerprint density at radius 2 is 1.59 bits per heavy atom. The summed E-state index contributed by atoms with van der Waals surface area (Å²) in [6, 6.07) is 17.8. The van der Waals surface area contributed by atoms with Crippen molar-refractivity contribution in [3.63, 3.8) is 0 Å². The van der Waals surface area contributed by atoms with E-state index < -0.39 is 18.1 Å². The molecule has 5 heteroatoms. The summed E-state index contributed by atoms with van der Waals surface area (Å²) in [5.41, 5.74) is 3.44. The number of rotatable bonds is 3. The van der Waals surface area contributed by atoms with Crippen LogP contribution >= 0.6 is 0 Å². The quantitative estimate of drug-likeness (QED) is 0.617. The van der Waals surface area contributed by atoms with Crippen molar-refractivity contribution in [2.24, 2.45) is 0 Å². The molecule has 0 saturated carbocycles. The average Bonchev–Trinajstić information content (AvgIpc) is 3.03. The van der Waals surface area contributed by atoms with Crippen molar-refractivity contribution in [2.75, 3.05) is 0 Å². The highest BCUT2D eigenvalue weighted by Gasteiger charge is 2.35. The van der Waals surface area contributed by atoms with Crippen molar-refractivity contribution in [3.05, 3.63) is 71.3 Å². The Kier molecular flexibility index (Phi) is 4.29. The molecule has 0 atom stereocenters. The van der Waals surface area contributed by atoms with Crippen LogP contribution in [0, 0.1) is 6.92 Å². The molecule has 3 aromatic carbocycles. The van der Waals surface area contributed by atoms with Crippen molar-refractivity contribution >= 4 is 34.1 Å². The zero-order valence-corrected chi connectivity index (χ0v) is 18.1. The van der Waals surface area contributed by atoms with E-state index in [4.69, 9.17) is 0 Å². The summed E-state index contributed by atoms with van der Waals surface area (Å²) in [4.78, 5) is 0.375. The van der Waals surface area contributed by atoms with Gasteiger partial charge in [0.1, 0.15) is 0 Å². The molecule has 0 aromatic heterocycles. The van der Waals surface area contributed by atoms with E-state index in [1.54, 1.807) is 16.4 Å². The fourth-order valence-corrected chi connectivity index (χ4v) is 7.65. The van der Waals surface area contributed by atoms with Gasteiger partial charge in [0.15, 0.2) is 0 Å². The second-order valence-electron chi connectivity index (χ2n) is 8.45. The van der Waals surface area contributed by atoms with Crippen molar-refractivity contribution in [1.29, 1.82) is 0 Å². The summed E-state index contributed by atoms with van der Waals surface area (Å²) in [5.74, 6) is 0. The van der Waals surface area contributed by atoms with Crippen LogP contribution in [0.5, 0.6) is 0 Å². The molecule has 0 spiro atoms. The fourth-order valence-electron chi connectivity index (χ4n) is 4.08. The Balaban J connectivity index is 1.84. The molecule has 4 rings (SSSR count). The highest BCUT2D eigenvalue weighted by molar-refractivity contribution is 7.89.